The highest BCUT2D eigenvalue weighted by Gasteiger charge is 2.32. The molecular formula is C15H16ClNO3. The zero-order chi connectivity index (χ0) is 14.1. The van der Waals surface area contributed by atoms with E-state index in [0.717, 1.165) is 29.4 Å². The number of furan rings is 1. The summed E-state index contributed by atoms with van der Waals surface area (Å²) >= 11 is 6.09. The predicted molar refractivity (Wildman–Crippen MR) is 76.8 cm³/mol. The first-order valence-electron chi connectivity index (χ1n) is 6.74. The number of carboxylic acids is 1. The van der Waals surface area contributed by atoms with Gasteiger partial charge in [0.15, 0.2) is 0 Å². The van der Waals surface area contributed by atoms with Gasteiger partial charge in [-0.15, -0.1) is 0 Å². The second-order valence-electron chi connectivity index (χ2n) is 5.33. The van der Waals surface area contributed by atoms with Crippen LogP contribution >= 0.6 is 11.6 Å². The second-order valence-corrected chi connectivity index (χ2v) is 5.76. The summed E-state index contributed by atoms with van der Waals surface area (Å²) in [4.78, 5) is 10.9. The first kappa shape index (κ1) is 13.5. The van der Waals surface area contributed by atoms with E-state index in [1.54, 1.807) is 6.26 Å². The molecule has 0 radical (unpaired) electrons. The highest BCUT2D eigenvalue weighted by Crippen LogP contribution is 2.34. The van der Waals surface area contributed by atoms with E-state index in [2.05, 4.69) is 5.32 Å². The van der Waals surface area contributed by atoms with Crippen LogP contribution in [0.2, 0.25) is 5.02 Å². The van der Waals surface area contributed by atoms with E-state index >= 15 is 0 Å². The van der Waals surface area contributed by atoms with Gasteiger partial charge < -0.3 is 14.8 Å². The Morgan fingerprint density at radius 2 is 2.30 bits per heavy atom. The molecule has 0 amide bonds. The molecule has 1 saturated carbocycles. The Labute approximate surface area is 121 Å². The number of halogens is 1. The summed E-state index contributed by atoms with van der Waals surface area (Å²) in [5.74, 6) is -0.277. The van der Waals surface area contributed by atoms with Crippen LogP contribution in [0.5, 0.6) is 0 Å². The number of hydrogen-bond acceptors (Lipinski definition) is 3. The molecule has 0 spiro atoms. The minimum atomic E-state index is -0.761. The van der Waals surface area contributed by atoms with Crippen LogP contribution in [0.15, 0.2) is 28.9 Å². The van der Waals surface area contributed by atoms with E-state index in [-0.39, 0.29) is 12.5 Å². The summed E-state index contributed by atoms with van der Waals surface area (Å²) in [6.45, 7) is 0.568. The first-order chi connectivity index (χ1) is 9.63. The number of benzene rings is 1. The van der Waals surface area contributed by atoms with Gasteiger partial charge in [-0.1, -0.05) is 11.6 Å². The third-order valence-electron chi connectivity index (χ3n) is 3.73. The third-order valence-corrected chi connectivity index (χ3v) is 3.95. The quantitative estimate of drug-likeness (QED) is 0.856. The van der Waals surface area contributed by atoms with Crippen LogP contribution in [0.3, 0.4) is 0 Å². The van der Waals surface area contributed by atoms with E-state index in [0.29, 0.717) is 17.5 Å². The molecule has 1 heterocycles. The highest BCUT2D eigenvalue weighted by atomic mass is 35.5. The van der Waals surface area contributed by atoms with Crippen LogP contribution in [0.1, 0.15) is 24.8 Å². The molecule has 106 valence electrons. The van der Waals surface area contributed by atoms with Gasteiger partial charge in [0.25, 0.3) is 0 Å². The maximum Gasteiger partial charge on any atom is 0.304 e. The van der Waals surface area contributed by atoms with E-state index in [1.807, 2.05) is 18.2 Å². The van der Waals surface area contributed by atoms with Crippen molar-refractivity contribution in [3.05, 3.63) is 35.0 Å². The Bertz CT molecular complexity index is 633. The number of nitrogens with one attached hydrogen (secondary N) is 1. The fraction of sp³-hybridized carbons (Fsp3) is 0.400. The molecule has 1 aliphatic rings. The minimum absolute atomic E-state index is 0.0245. The Kier molecular flexibility index (Phi) is 3.68. The number of aliphatic carboxylic acids is 1. The molecule has 1 fully saturated rings. The van der Waals surface area contributed by atoms with Crippen molar-refractivity contribution in [2.45, 2.75) is 31.8 Å². The van der Waals surface area contributed by atoms with E-state index in [1.165, 1.54) is 0 Å². The van der Waals surface area contributed by atoms with Gasteiger partial charge in [0.1, 0.15) is 5.58 Å². The maximum atomic E-state index is 10.9. The zero-order valence-electron chi connectivity index (χ0n) is 10.9. The van der Waals surface area contributed by atoms with Crippen molar-refractivity contribution in [1.82, 2.24) is 5.32 Å². The topological polar surface area (TPSA) is 62.5 Å². The van der Waals surface area contributed by atoms with E-state index < -0.39 is 5.97 Å². The number of carboxylic acid groups (broad SMARTS) is 1. The van der Waals surface area contributed by atoms with Gasteiger partial charge in [-0.05, 0) is 37.0 Å². The lowest BCUT2D eigenvalue weighted by Gasteiger charge is -2.16. The monoisotopic (exact) mass is 293 g/mol. The molecule has 0 unspecified atom stereocenters. The van der Waals surface area contributed by atoms with Crippen molar-refractivity contribution >= 4 is 28.5 Å². The molecule has 1 atom stereocenters. The van der Waals surface area contributed by atoms with Crippen molar-refractivity contribution in [2.75, 3.05) is 0 Å². The van der Waals surface area contributed by atoms with Crippen LogP contribution in [-0.4, -0.2) is 17.1 Å². The van der Waals surface area contributed by atoms with Gasteiger partial charge in [0, 0.05) is 28.6 Å². The van der Waals surface area contributed by atoms with Crippen LogP contribution in [-0.2, 0) is 11.3 Å². The summed E-state index contributed by atoms with van der Waals surface area (Å²) in [6.07, 6.45) is 4.01. The third kappa shape index (κ3) is 2.97. The molecule has 0 aliphatic heterocycles. The lowest BCUT2D eigenvalue weighted by atomic mass is 10.1. The molecule has 4 nitrogen and oxygen atoms in total. The smallest absolute Gasteiger partial charge is 0.304 e. The molecule has 0 saturated heterocycles. The molecule has 2 aromatic rings. The Balaban J connectivity index is 1.75. The van der Waals surface area contributed by atoms with Crippen molar-refractivity contribution in [3.63, 3.8) is 0 Å². The van der Waals surface area contributed by atoms with Gasteiger partial charge in [-0.2, -0.15) is 0 Å². The zero-order valence-corrected chi connectivity index (χ0v) is 11.7. The Hall–Kier alpha value is -1.52. The molecule has 0 bridgehead atoms. The van der Waals surface area contributed by atoms with Crippen LogP contribution < -0.4 is 5.32 Å². The molecule has 3 rings (SSSR count). The molecular weight excluding hydrogens is 278 g/mol. The van der Waals surface area contributed by atoms with Crippen molar-refractivity contribution < 1.29 is 14.3 Å². The molecule has 20 heavy (non-hydrogen) atoms. The number of fused-ring (bicyclic) bond motifs is 1. The van der Waals surface area contributed by atoms with Crippen LogP contribution in [0.25, 0.3) is 11.0 Å². The Morgan fingerprint density at radius 3 is 3.00 bits per heavy atom. The van der Waals surface area contributed by atoms with Crippen molar-refractivity contribution in [1.29, 1.82) is 0 Å². The molecule has 5 heteroatoms. The lowest BCUT2D eigenvalue weighted by molar-refractivity contribution is -0.137. The van der Waals surface area contributed by atoms with Gasteiger partial charge in [-0.3, -0.25) is 4.79 Å². The van der Waals surface area contributed by atoms with Gasteiger partial charge in [-0.25, -0.2) is 0 Å². The van der Waals surface area contributed by atoms with Crippen molar-refractivity contribution in [3.8, 4) is 0 Å². The predicted octanol–water partition coefficient (Wildman–Crippen LogP) is 3.43. The number of hydrogen-bond donors (Lipinski definition) is 2. The van der Waals surface area contributed by atoms with Crippen LogP contribution in [0, 0.1) is 5.92 Å². The summed E-state index contributed by atoms with van der Waals surface area (Å²) in [6, 6.07) is 5.63. The number of carbonyl (C=O) groups is 1. The van der Waals surface area contributed by atoms with E-state index in [4.69, 9.17) is 21.1 Å². The Morgan fingerprint density at radius 1 is 1.50 bits per heavy atom. The first-order valence-corrected chi connectivity index (χ1v) is 7.12. The molecule has 1 aliphatic carbocycles. The normalized spacial score (nSPS) is 16.4. The SMILES string of the molecule is O=C(O)C[C@H](NCc1cc(Cl)cc2ccoc12)C1CC1. The molecule has 1 aromatic carbocycles. The minimum Gasteiger partial charge on any atom is -0.481 e. The van der Waals surface area contributed by atoms with Crippen LogP contribution in [0.4, 0.5) is 0 Å². The largest absolute Gasteiger partial charge is 0.481 e. The summed E-state index contributed by atoms with van der Waals surface area (Å²) in [5, 5.41) is 13.9. The van der Waals surface area contributed by atoms with Gasteiger partial charge >= 0.3 is 5.97 Å². The highest BCUT2D eigenvalue weighted by molar-refractivity contribution is 6.31. The van der Waals surface area contributed by atoms with Crippen molar-refractivity contribution in [2.24, 2.45) is 5.92 Å². The summed E-state index contributed by atoms with van der Waals surface area (Å²) in [5.41, 5.74) is 1.78. The molecule has 1 aromatic heterocycles. The van der Waals surface area contributed by atoms with Gasteiger partial charge in [0.2, 0.25) is 0 Å². The maximum absolute atomic E-state index is 10.9. The standard InChI is InChI=1S/C15H16ClNO3/c16-12-5-10-3-4-20-15(10)11(6-12)8-17-13(7-14(18)19)9-1-2-9/h3-6,9,13,17H,1-2,7-8H2,(H,18,19)/t13-/m0/s1. The lowest BCUT2D eigenvalue weighted by Crippen LogP contribution is -2.32. The summed E-state index contributed by atoms with van der Waals surface area (Å²) in [7, 11) is 0. The number of rotatable bonds is 6. The second kappa shape index (κ2) is 5.46. The van der Waals surface area contributed by atoms with Gasteiger partial charge in [0.05, 0.1) is 12.7 Å². The summed E-state index contributed by atoms with van der Waals surface area (Å²) < 4.78 is 5.48. The molecule has 2 N–H and O–H groups in total. The fourth-order valence-corrected chi connectivity index (χ4v) is 2.83. The fourth-order valence-electron chi connectivity index (χ4n) is 2.58. The van der Waals surface area contributed by atoms with E-state index in [9.17, 15) is 4.79 Å². The average molecular weight is 294 g/mol. The average Bonchev–Trinajstić information content (AvgIpc) is 3.12.